The SMILES string of the molecule is N#Cc1cc2ccc(OCc3ccccc3)cc2oc1=O. The molecule has 0 aliphatic carbocycles. The molecule has 0 fully saturated rings. The largest absolute Gasteiger partial charge is 0.489 e. The summed E-state index contributed by atoms with van der Waals surface area (Å²) in [6.45, 7) is 0.437. The minimum atomic E-state index is -0.634. The molecule has 0 bridgehead atoms. The molecule has 0 N–H and O–H groups in total. The second-order valence-electron chi connectivity index (χ2n) is 4.53. The van der Waals surface area contributed by atoms with Crippen LogP contribution in [0.4, 0.5) is 0 Å². The van der Waals surface area contributed by atoms with Gasteiger partial charge in [-0.15, -0.1) is 0 Å². The van der Waals surface area contributed by atoms with Crippen molar-refractivity contribution in [3.05, 3.63) is 76.1 Å². The Labute approximate surface area is 120 Å². The zero-order valence-corrected chi connectivity index (χ0v) is 11.1. The third-order valence-electron chi connectivity index (χ3n) is 3.08. The number of nitriles is 1. The van der Waals surface area contributed by atoms with E-state index in [1.54, 1.807) is 18.2 Å². The second kappa shape index (κ2) is 5.51. The van der Waals surface area contributed by atoms with Crippen molar-refractivity contribution in [2.45, 2.75) is 6.61 Å². The minimum absolute atomic E-state index is 0.000420. The van der Waals surface area contributed by atoms with Gasteiger partial charge in [0.1, 0.15) is 29.6 Å². The first kappa shape index (κ1) is 12.9. The Balaban J connectivity index is 1.88. The third kappa shape index (κ3) is 2.77. The molecule has 2 aromatic carbocycles. The Bertz CT molecular complexity index is 876. The summed E-state index contributed by atoms with van der Waals surface area (Å²) in [5, 5.41) is 9.50. The number of ether oxygens (including phenoxy) is 1. The van der Waals surface area contributed by atoms with E-state index in [2.05, 4.69) is 0 Å². The van der Waals surface area contributed by atoms with Crippen LogP contribution in [0.1, 0.15) is 11.1 Å². The lowest BCUT2D eigenvalue weighted by molar-refractivity contribution is 0.306. The molecule has 0 radical (unpaired) electrons. The van der Waals surface area contributed by atoms with E-state index in [0.29, 0.717) is 23.3 Å². The van der Waals surface area contributed by atoms with Crippen LogP contribution in [-0.4, -0.2) is 0 Å². The first-order valence-electron chi connectivity index (χ1n) is 6.41. The van der Waals surface area contributed by atoms with Crippen LogP contribution in [0.5, 0.6) is 5.75 Å². The molecule has 21 heavy (non-hydrogen) atoms. The van der Waals surface area contributed by atoms with Gasteiger partial charge in [-0.3, -0.25) is 0 Å². The van der Waals surface area contributed by atoms with Crippen LogP contribution in [0.2, 0.25) is 0 Å². The number of rotatable bonds is 3. The Morgan fingerprint density at radius 3 is 2.67 bits per heavy atom. The van der Waals surface area contributed by atoms with E-state index in [-0.39, 0.29) is 5.56 Å². The summed E-state index contributed by atoms with van der Waals surface area (Å²) in [5.74, 6) is 0.610. The predicted molar refractivity (Wildman–Crippen MR) is 78.0 cm³/mol. The van der Waals surface area contributed by atoms with Gasteiger partial charge >= 0.3 is 5.63 Å². The van der Waals surface area contributed by atoms with Gasteiger partial charge in [-0.25, -0.2) is 4.79 Å². The summed E-state index contributed by atoms with van der Waals surface area (Å²) in [7, 11) is 0. The van der Waals surface area contributed by atoms with Crippen molar-refractivity contribution in [1.29, 1.82) is 5.26 Å². The van der Waals surface area contributed by atoms with E-state index in [1.165, 1.54) is 6.07 Å². The molecule has 1 aromatic heterocycles. The average molecular weight is 277 g/mol. The summed E-state index contributed by atoms with van der Waals surface area (Å²) in [6, 6.07) is 18.3. The summed E-state index contributed by atoms with van der Waals surface area (Å²) in [6.07, 6.45) is 0. The lowest BCUT2D eigenvalue weighted by Crippen LogP contribution is -2.03. The summed E-state index contributed by atoms with van der Waals surface area (Å²) in [4.78, 5) is 11.5. The average Bonchev–Trinajstić information content (AvgIpc) is 2.53. The second-order valence-corrected chi connectivity index (χ2v) is 4.53. The fourth-order valence-electron chi connectivity index (χ4n) is 2.00. The van der Waals surface area contributed by atoms with Gasteiger partial charge in [0, 0.05) is 11.5 Å². The van der Waals surface area contributed by atoms with Crippen LogP contribution in [-0.2, 0) is 6.61 Å². The predicted octanol–water partition coefficient (Wildman–Crippen LogP) is 3.24. The fourth-order valence-corrected chi connectivity index (χ4v) is 2.00. The zero-order valence-electron chi connectivity index (χ0n) is 11.1. The third-order valence-corrected chi connectivity index (χ3v) is 3.08. The minimum Gasteiger partial charge on any atom is -0.489 e. The molecular weight excluding hydrogens is 266 g/mol. The molecule has 102 valence electrons. The van der Waals surface area contributed by atoms with Crippen molar-refractivity contribution in [3.8, 4) is 11.8 Å². The van der Waals surface area contributed by atoms with Crippen molar-refractivity contribution >= 4 is 11.0 Å². The van der Waals surface area contributed by atoms with Gasteiger partial charge in [-0.05, 0) is 23.8 Å². The highest BCUT2D eigenvalue weighted by atomic mass is 16.5. The van der Waals surface area contributed by atoms with Crippen LogP contribution in [0.15, 0.2) is 63.8 Å². The molecule has 3 rings (SSSR count). The van der Waals surface area contributed by atoms with Crippen molar-refractivity contribution in [2.24, 2.45) is 0 Å². The van der Waals surface area contributed by atoms with Gasteiger partial charge in [0.15, 0.2) is 0 Å². The van der Waals surface area contributed by atoms with E-state index >= 15 is 0 Å². The van der Waals surface area contributed by atoms with Gasteiger partial charge in [-0.1, -0.05) is 30.3 Å². The van der Waals surface area contributed by atoms with Crippen molar-refractivity contribution in [1.82, 2.24) is 0 Å². The van der Waals surface area contributed by atoms with Crippen LogP contribution in [0, 0.1) is 11.3 Å². The Morgan fingerprint density at radius 2 is 1.90 bits per heavy atom. The Kier molecular flexibility index (Phi) is 3.40. The molecule has 4 heteroatoms. The Morgan fingerprint density at radius 1 is 1.10 bits per heavy atom. The molecule has 4 nitrogen and oxygen atoms in total. The van der Waals surface area contributed by atoms with Gasteiger partial charge < -0.3 is 9.15 Å². The number of nitrogens with zero attached hydrogens (tertiary/aromatic N) is 1. The molecule has 3 aromatic rings. The van der Waals surface area contributed by atoms with Gasteiger partial charge in [-0.2, -0.15) is 5.26 Å². The number of hydrogen-bond donors (Lipinski definition) is 0. The highest BCUT2D eigenvalue weighted by Gasteiger charge is 2.06. The topological polar surface area (TPSA) is 63.2 Å². The molecule has 0 aliphatic heterocycles. The van der Waals surface area contributed by atoms with Crippen molar-refractivity contribution in [2.75, 3.05) is 0 Å². The quantitative estimate of drug-likeness (QED) is 0.689. The number of fused-ring (bicyclic) bond motifs is 1. The lowest BCUT2D eigenvalue weighted by Gasteiger charge is -2.06. The van der Waals surface area contributed by atoms with E-state index in [0.717, 1.165) is 5.56 Å². The van der Waals surface area contributed by atoms with Gasteiger partial charge in [0.2, 0.25) is 0 Å². The zero-order chi connectivity index (χ0) is 14.7. The smallest absolute Gasteiger partial charge is 0.354 e. The molecule has 0 spiro atoms. The molecule has 0 amide bonds. The highest BCUT2D eigenvalue weighted by Crippen LogP contribution is 2.21. The molecule has 0 unspecified atom stereocenters. The number of benzene rings is 2. The highest BCUT2D eigenvalue weighted by molar-refractivity contribution is 5.79. The van der Waals surface area contributed by atoms with Crippen LogP contribution >= 0.6 is 0 Å². The maximum absolute atomic E-state index is 11.5. The Hall–Kier alpha value is -3.06. The molecule has 1 heterocycles. The molecular formula is C17H11NO3. The van der Waals surface area contributed by atoms with Gasteiger partial charge in [0.05, 0.1) is 0 Å². The fraction of sp³-hybridized carbons (Fsp3) is 0.0588. The lowest BCUT2D eigenvalue weighted by atomic mass is 10.2. The van der Waals surface area contributed by atoms with Crippen LogP contribution < -0.4 is 10.4 Å². The molecule has 0 atom stereocenters. The monoisotopic (exact) mass is 277 g/mol. The summed E-state index contributed by atoms with van der Waals surface area (Å²) in [5.41, 5.74) is 0.828. The normalized spacial score (nSPS) is 10.2. The van der Waals surface area contributed by atoms with E-state index < -0.39 is 5.63 Å². The maximum atomic E-state index is 11.5. The van der Waals surface area contributed by atoms with Crippen LogP contribution in [0.25, 0.3) is 11.0 Å². The van der Waals surface area contributed by atoms with E-state index in [4.69, 9.17) is 14.4 Å². The standard InChI is InChI=1S/C17H11NO3/c18-10-14-8-13-6-7-15(9-16(13)21-17(14)19)20-11-12-4-2-1-3-5-12/h1-9H,11H2. The maximum Gasteiger partial charge on any atom is 0.354 e. The summed E-state index contributed by atoms with van der Waals surface area (Å²) >= 11 is 0. The van der Waals surface area contributed by atoms with Crippen molar-refractivity contribution < 1.29 is 9.15 Å². The molecule has 0 saturated carbocycles. The first-order chi connectivity index (χ1) is 10.3. The summed E-state index contributed by atoms with van der Waals surface area (Å²) < 4.78 is 10.8. The van der Waals surface area contributed by atoms with Crippen molar-refractivity contribution in [3.63, 3.8) is 0 Å². The van der Waals surface area contributed by atoms with E-state index in [1.807, 2.05) is 36.4 Å². The van der Waals surface area contributed by atoms with E-state index in [9.17, 15) is 4.79 Å². The molecule has 0 saturated heterocycles. The van der Waals surface area contributed by atoms with Crippen LogP contribution in [0.3, 0.4) is 0 Å². The van der Waals surface area contributed by atoms with Gasteiger partial charge in [0.25, 0.3) is 0 Å². The first-order valence-corrected chi connectivity index (χ1v) is 6.41. The molecule has 0 aliphatic rings. The number of hydrogen-bond acceptors (Lipinski definition) is 4.